The van der Waals surface area contributed by atoms with Crippen LogP contribution in [0, 0.1) is 15.7 Å². The molecule has 3 heterocycles. The van der Waals surface area contributed by atoms with Gasteiger partial charge >= 0.3 is 0 Å². The molecule has 2 aromatic heterocycles. The average molecular weight is 544 g/mol. The number of piperidine rings is 1. The summed E-state index contributed by atoms with van der Waals surface area (Å²) >= 11 is 7.04. The molecule has 38 heavy (non-hydrogen) atoms. The highest BCUT2D eigenvalue weighted by Gasteiger charge is 2.25. The van der Waals surface area contributed by atoms with Gasteiger partial charge in [0, 0.05) is 13.1 Å². The summed E-state index contributed by atoms with van der Waals surface area (Å²) in [5.41, 5.74) is 2.91. The Bertz CT molecular complexity index is 1770. The summed E-state index contributed by atoms with van der Waals surface area (Å²) in [4.78, 5) is 29.8. The molecular formula is C30H26FN3O2S2. The Morgan fingerprint density at radius 3 is 2.47 bits per heavy atom. The second-order valence-corrected chi connectivity index (χ2v) is 11.4. The highest BCUT2D eigenvalue weighted by Crippen LogP contribution is 2.33. The van der Waals surface area contributed by atoms with E-state index in [0.29, 0.717) is 50.0 Å². The fraction of sp³-hybridized carbons (Fsp3) is 0.233. The van der Waals surface area contributed by atoms with Crippen LogP contribution in [0.1, 0.15) is 18.4 Å². The number of rotatable bonds is 5. The van der Waals surface area contributed by atoms with Gasteiger partial charge in [0.25, 0.3) is 5.56 Å². The number of halogens is 1. The highest BCUT2D eigenvalue weighted by molar-refractivity contribution is 7.73. The number of amides is 1. The zero-order valence-electron chi connectivity index (χ0n) is 20.7. The normalized spacial score (nSPS) is 14.4. The van der Waals surface area contributed by atoms with Gasteiger partial charge < -0.3 is 4.90 Å². The van der Waals surface area contributed by atoms with Crippen LogP contribution >= 0.6 is 23.6 Å². The summed E-state index contributed by atoms with van der Waals surface area (Å²) in [6, 6.07) is 24.0. The fourth-order valence-electron chi connectivity index (χ4n) is 5.45. The van der Waals surface area contributed by atoms with E-state index in [4.69, 9.17) is 12.2 Å². The number of likely N-dealkylation sites (tertiary alicyclic amines) is 1. The maximum atomic E-state index is 14.2. The van der Waals surface area contributed by atoms with E-state index in [1.165, 1.54) is 33.6 Å². The van der Waals surface area contributed by atoms with Crippen molar-refractivity contribution in [2.24, 2.45) is 5.92 Å². The van der Waals surface area contributed by atoms with Gasteiger partial charge in [0.2, 0.25) is 5.91 Å². The Kier molecular flexibility index (Phi) is 6.68. The monoisotopic (exact) mass is 543 g/mol. The van der Waals surface area contributed by atoms with Gasteiger partial charge in [-0.2, -0.15) is 0 Å². The lowest BCUT2D eigenvalue weighted by molar-refractivity contribution is -0.133. The van der Waals surface area contributed by atoms with Crippen molar-refractivity contribution in [1.82, 2.24) is 13.9 Å². The molecule has 1 amide bonds. The highest BCUT2D eigenvalue weighted by atomic mass is 32.1. The van der Waals surface area contributed by atoms with Crippen LogP contribution in [-0.4, -0.2) is 32.9 Å². The zero-order valence-corrected chi connectivity index (χ0v) is 22.3. The van der Waals surface area contributed by atoms with E-state index in [0.717, 1.165) is 19.3 Å². The van der Waals surface area contributed by atoms with Crippen molar-refractivity contribution in [3.63, 3.8) is 0 Å². The molecule has 5 nitrogen and oxygen atoms in total. The maximum Gasteiger partial charge on any atom is 0.262 e. The van der Waals surface area contributed by atoms with E-state index in [1.54, 1.807) is 18.2 Å². The number of hydrogen-bond donors (Lipinski definition) is 0. The lowest BCUT2D eigenvalue weighted by Gasteiger charge is -2.32. The first-order valence-electron chi connectivity index (χ1n) is 12.7. The van der Waals surface area contributed by atoms with Crippen molar-refractivity contribution in [3.05, 3.63) is 105 Å². The Balaban J connectivity index is 1.35. The molecule has 3 aromatic carbocycles. The second kappa shape index (κ2) is 10.3. The summed E-state index contributed by atoms with van der Waals surface area (Å²) in [5.74, 6) is 0.0696. The maximum absolute atomic E-state index is 14.2. The Labute approximate surface area is 228 Å². The second-order valence-electron chi connectivity index (χ2n) is 9.79. The minimum atomic E-state index is -0.371. The van der Waals surface area contributed by atoms with Gasteiger partial charge in [0.1, 0.15) is 18.0 Å². The van der Waals surface area contributed by atoms with Gasteiger partial charge in [0.05, 0.1) is 15.8 Å². The van der Waals surface area contributed by atoms with Crippen molar-refractivity contribution in [3.8, 4) is 10.4 Å². The predicted octanol–water partition coefficient (Wildman–Crippen LogP) is 6.33. The number of carbonyl (C=O) groups is 1. The first-order chi connectivity index (χ1) is 18.5. The third-order valence-electron chi connectivity index (χ3n) is 7.38. The third-order valence-corrected chi connectivity index (χ3v) is 8.79. The van der Waals surface area contributed by atoms with Gasteiger partial charge in [0.15, 0.2) is 3.95 Å². The number of carbonyl (C=O) groups excluding carboxylic acids is 1. The number of hydrogen-bond acceptors (Lipinski definition) is 4. The van der Waals surface area contributed by atoms with E-state index in [-0.39, 0.29) is 23.8 Å². The molecule has 1 aliphatic heterocycles. The van der Waals surface area contributed by atoms with Crippen LogP contribution in [0.3, 0.4) is 0 Å². The molecule has 8 heteroatoms. The van der Waals surface area contributed by atoms with Crippen LogP contribution in [-0.2, 0) is 17.8 Å². The van der Waals surface area contributed by atoms with E-state index in [1.807, 2.05) is 33.6 Å². The number of para-hydroxylation sites is 1. The number of nitrogens with zero attached hydrogens (tertiary/aromatic N) is 3. The summed E-state index contributed by atoms with van der Waals surface area (Å²) in [7, 11) is 0. The van der Waals surface area contributed by atoms with Gasteiger partial charge in [-0.25, -0.2) is 4.39 Å². The van der Waals surface area contributed by atoms with Crippen LogP contribution in [0.15, 0.2) is 83.7 Å². The largest absolute Gasteiger partial charge is 0.341 e. The average Bonchev–Trinajstić information content (AvgIpc) is 3.29. The summed E-state index contributed by atoms with van der Waals surface area (Å²) in [5, 5.41) is 0.495. The quantitative estimate of drug-likeness (QED) is 0.243. The molecule has 1 aliphatic rings. The van der Waals surface area contributed by atoms with Crippen LogP contribution in [0.5, 0.6) is 0 Å². The molecule has 0 bridgehead atoms. The molecule has 0 N–H and O–H groups in total. The van der Waals surface area contributed by atoms with Crippen LogP contribution in [0.25, 0.3) is 27.0 Å². The van der Waals surface area contributed by atoms with Crippen molar-refractivity contribution in [1.29, 1.82) is 0 Å². The summed E-state index contributed by atoms with van der Waals surface area (Å²) < 4.78 is 18.1. The minimum absolute atomic E-state index is 0.0928. The van der Waals surface area contributed by atoms with Crippen LogP contribution in [0.4, 0.5) is 4.39 Å². The summed E-state index contributed by atoms with van der Waals surface area (Å²) in [6.07, 6.45) is 2.87. The minimum Gasteiger partial charge on any atom is -0.341 e. The van der Waals surface area contributed by atoms with Crippen LogP contribution in [0.2, 0.25) is 0 Å². The standard InChI is InChI=1S/C30H26FN3O2S2/c31-23-10-6-9-22(18-23)27-28-33(29(36)24-11-4-5-12-25(24)34(28)30(37)38-27)19-26(35)32-15-13-21(14-16-32)17-20-7-2-1-3-8-20/h1-12,18,21H,13-17,19H2. The Hall–Kier alpha value is -3.62. The van der Waals surface area contributed by atoms with Gasteiger partial charge in [-0.15, -0.1) is 11.3 Å². The Morgan fingerprint density at radius 1 is 0.974 bits per heavy atom. The van der Waals surface area contributed by atoms with Gasteiger partial charge in [-0.05, 0) is 72.8 Å². The lowest BCUT2D eigenvalue weighted by atomic mass is 9.90. The molecule has 192 valence electrons. The SMILES string of the molecule is O=C(Cn1c(=O)c2ccccc2n2c(=S)sc(-c3cccc(F)c3)c12)N1CCC(Cc2ccccc2)CC1. The smallest absolute Gasteiger partial charge is 0.262 e. The van der Waals surface area contributed by atoms with Crippen LogP contribution < -0.4 is 5.56 Å². The molecule has 1 saturated heterocycles. The molecule has 1 fully saturated rings. The van der Waals surface area contributed by atoms with Crippen molar-refractivity contribution in [2.45, 2.75) is 25.8 Å². The molecule has 0 unspecified atom stereocenters. The van der Waals surface area contributed by atoms with Crippen molar-refractivity contribution in [2.75, 3.05) is 13.1 Å². The van der Waals surface area contributed by atoms with E-state index in [9.17, 15) is 14.0 Å². The topological polar surface area (TPSA) is 46.7 Å². The molecule has 0 saturated carbocycles. The van der Waals surface area contributed by atoms with E-state index >= 15 is 0 Å². The Morgan fingerprint density at radius 2 is 1.71 bits per heavy atom. The molecular weight excluding hydrogens is 517 g/mol. The van der Waals surface area contributed by atoms with E-state index < -0.39 is 0 Å². The number of benzene rings is 3. The third kappa shape index (κ3) is 4.59. The number of fused-ring (bicyclic) bond motifs is 3. The molecule has 5 aromatic rings. The first-order valence-corrected chi connectivity index (χ1v) is 14.0. The molecule has 0 aliphatic carbocycles. The lowest BCUT2D eigenvalue weighted by Crippen LogP contribution is -2.42. The molecule has 0 spiro atoms. The fourth-order valence-corrected chi connectivity index (χ4v) is 6.87. The van der Waals surface area contributed by atoms with Gasteiger partial charge in [-0.3, -0.25) is 18.6 Å². The van der Waals surface area contributed by atoms with Crippen molar-refractivity contribution < 1.29 is 9.18 Å². The van der Waals surface area contributed by atoms with Gasteiger partial charge in [-0.1, -0.05) is 54.6 Å². The molecule has 0 radical (unpaired) electrons. The molecule has 6 rings (SSSR count). The molecule has 0 atom stereocenters. The predicted molar refractivity (Wildman–Crippen MR) is 153 cm³/mol. The van der Waals surface area contributed by atoms with E-state index in [2.05, 4.69) is 24.3 Å². The number of aromatic nitrogens is 2. The number of thiazole rings is 1. The first kappa shape index (κ1) is 24.7. The van der Waals surface area contributed by atoms with Crippen molar-refractivity contribution >= 4 is 46.0 Å². The zero-order chi connectivity index (χ0) is 26.2. The summed E-state index contributed by atoms with van der Waals surface area (Å²) in [6.45, 7) is 1.24.